The van der Waals surface area contributed by atoms with Crippen LogP contribution >= 0.6 is 0 Å². The molecule has 7 nitrogen and oxygen atoms in total. The summed E-state index contributed by atoms with van der Waals surface area (Å²) >= 11 is 0. The van der Waals surface area contributed by atoms with Crippen molar-refractivity contribution in [1.82, 2.24) is 14.7 Å². The van der Waals surface area contributed by atoms with Gasteiger partial charge < -0.3 is 10.2 Å². The van der Waals surface area contributed by atoms with E-state index in [1.165, 1.54) is 22.6 Å². The van der Waals surface area contributed by atoms with Gasteiger partial charge in [0.1, 0.15) is 5.65 Å². The Labute approximate surface area is 193 Å². The fraction of sp³-hybridized carbons (Fsp3) is 0.462. The van der Waals surface area contributed by atoms with E-state index in [1.54, 1.807) is 10.5 Å². The van der Waals surface area contributed by atoms with E-state index < -0.39 is 0 Å². The molecule has 1 N–H and O–H groups in total. The number of pyridine rings is 1. The number of allylic oxidation sites excluding steroid dienone is 3. The second kappa shape index (κ2) is 8.37. The van der Waals surface area contributed by atoms with Crippen LogP contribution in [0.3, 0.4) is 0 Å². The molecular weight excluding hydrogens is 412 g/mol. The standard InChI is InChI=1S/C26H30N6O/c1-17-2-3-18-8-9-28-22(14-21(18)26(29-17)19-4-5-19)23-15-25(33)32-16-20(6-7-24(32)30-23)31-12-10-27-11-13-31/h6-7,14-16,18,27H,2-5,8-13H2,1H3. The van der Waals surface area contributed by atoms with Crippen molar-refractivity contribution in [3.63, 3.8) is 0 Å². The van der Waals surface area contributed by atoms with Crippen LogP contribution in [0.5, 0.6) is 0 Å². The van der Waals surface area contributed by atoms with Gasteiger partial charge in [0.25, 0.3) is 5.56 Å². The minimum atomic E-state index is -0.0654. The number of fused-ring (bicyclic) bond motifs is 2. The van der Waals surface area contributed by atoms with Crippen molar-refractivity contribution in [3.05, 3.63) is 63.4 Å². The van der Waals surface area contributed by atoms with Crippen LogP contribution in [-0.2, 0) is 0 Å². The summed E-state index contributed by atoms with van der Waals surface area (Å²) in [7, 11) is 0. The van der Waals surface area contributed by atoms with Crippen molar-refractivity contribution in [2.45, 2.75) is 39.0 Å². The third-order valence-corrected chi connectivity index (χ3v) is 7.15. The second-order valence-electron chi connectivity index (χ2n) is 9.52. The minimum absolute atomic E-state index is 0.0654. The SMILES string of the molecule is CC1=NC(=C2CC2)C2=CC(c3cc(=O)n4cc(N5CCNCC5)ccc4n3)=NCCC2CC1. The van der Waals surface area contributed by atoms with Crippen LogP contribution in [0.1, 0.15) is 44.7 Å². The first-order valence-electron chi connectivity index (χ1n) is 12.2. The lowest BCUT2D eigenvalue weighted by atomic mass is 9.89. The Kier molecular flexibility index (Phi) is 5.21. The summed E-state index contributed by atoms with van der Waals surface area (Å²) < 4.78 is 1.66. The molecule has 4 aliphatic rings. The molecule has 1 saturated carbocycles. The van der Waals surface area contributed by atoms with E-state index >= 15 is 0 Å². The summed E-state index contributed by atoms with van der Waals surface area (Å²) in [5.41, 5.74) is 8.29. The number of piperazine rings is 1. The highest BCUT2D eigenvalue weighted by molar-refractivity contribution is 6.08. The predicted molar refractivity (Wildman–Crippen MR) is 133 cm³/mol. The van der Waals surface area contributed by atoms with Crippen molar-refractivity contribution in [2.75, 3.05) is 37.6 Å². The van der Waals surface area contributed by atoms with Gasteiger partial charge in [0, 0.05) is 50.7 Å². The normalized spacial score (nSPS) is 23.4. The third-order valence-electron chi connectivity index (χ3n) is 7.15. The number of rotatable bonds is 2. The number of nitrogens with one attached hydrogen (secondary N) is 1. The highest BCUT2D eigenvalue weighted by Gasteiger charge is 2.29. The maximum Gasteiger partial charge on any atom is 0.258 e. The number of aromatic nitrogens is 2. The Morgan fingerprint density at radius 1 is 1.09 bits per heavy atom. The van der Waals surface area contributed by atoms with E-state index in [1.807, 2.05) is 12.3 Å². The topological polar surface area (TPSA) is 74.4 Å². The zero-order chi connectivity index (χ0) is 22.4. The maximum atomic E-state index is 13.1. The second-order valence-corrected chi connectivity index (χ2v) is 9.52. The van der Waals surface area contributed by atoms with Crippen molar-refractivity contribution in [1.29, 1.82) is 0 Å². The third kappa shape index (κ3) is 4.06. The van der Waals surface area contributed by atoms with Crippen LogP contribution < -0.4 is 15.8 Å². The summed E-state index contributed by atoms with van der Waals surface area (Å²) in [6, 6.07) is 5.66. The fourth-order valence-corrected chi connectivity index (χ4v) is 5.13. The van der Waals surface area contributed by atoms with Crippen molar-refractivity contribution < 1.29 is 0 Å². The van der Waals surface area contributed by atoms with Gasteiger partial charge in [-0.15, -0.1) is 0 Å². The zero-order valence-corrected chi connectivity index (χ0v) is 19.2. The summed E-state index contributed by atoms with van der Waals surface area (Å²) in [5, 5.41) is 3.37. The molecule has 170 valence electrons. The van der Waals surface area contributed by atoms with E-state index in [2.05, 4.69) is 29.3 Å². The number of nitrogens with zero attached hydrogens (tertiary/aromatic N) is 5. The van der Waals surface area contributed by atoms with Gasteiger partial charge in [-0.1, -0.05) is 0 Å². The highest BCUT2D eigenvalue weighted by Crippen LogP contribution is 2.41. The maximum absolute atomic E-state index is 13.1. The van der Waals surface area contributed by atoms with E-state index in [0.717, 1.165) is 76.2 Å². The first-order valence-corrected chi connectivity index (χ1v) is 12.2. The largest absolute Gasteiger partial charge is 0.368 e. The smallest absolute Gasteiger partial charge is 0.258 e. The molecule has 2 fully saturated rings. The van der Waals surface area contributed by atoms with Gasteiger partial charge >= 0.3 is 0 Å². The van der Waals surface area contributed by atoms with Crippen molar-refractivity contribution >= 4 is 22.8 Å². The molecule has 0 aromatic carbocycles. The first kappa shape index (κ1) is 20.5. The Bertz CT molecular complexity index is 1290. The Morgan fingerprint density at radius 3 is 2.76 bits per heavy atom. The average molecular weight is 443 g/mol. The van der Waals surface area contributed by atoms with Crippen LogP contribution in [0.25, 0.3) is 5.65 Å². The molecule has 2 aromatic rings. The first-order chi connectivity index (χ1) is 16.2. The van der Waals surface area contributed by atoms with E-state index in [0.29, 0.717) is 17.3 Å². The van der Waals surface area contributed by atoms with Crippen LogP contribution in [0.4, 0.5) is 5.69 Å². The van der Waals surface area contributed by atoms with E-state index in [4.69, 9.17) is 15.0 Å². The van der Waals surface area contributed by atoms with Crippen LogP contribution in [0, 0.1) is 5.92 Å². The molecule has 5 heterocycles. The van der Waals surface area contributed by atoms with Crippen LogP contribution in [-0.4, -0.2) is 53.5 Å². The average Bonchev–Trinajstić information content (AvgIpc) is 3.69. The van der Waals surface area contributed by atoms with Gasteiger partial charge in [-0.2, -0.15) is 0 Å². The monoisotopic (exact) mass is 442 g/mol. The van der Waals surface area contributed by atoms with Gasteiger partial charge in [0.2, 0.25) is 0 Å². The lowest BCUT2D eigenvalue weighted by molar-refractivity contribution is 0.549. The number of hydrogen-bond donors (Lipinski definition) is 1. The molecule has 2 aromatic heterocycles. The molecule has 0 spiro atoms. The number of hydrogen-bond acceptors (Lipinski definition) is 6. The van der Waals surface area contributed by atoms with Crippen molar-refractivity contribution in [3.8, 4) is 0 Å². The molecule has 1 atom stereocenters. The molecule has 3 aliphatic heterocycles. The van der Waals surface area contributed by atoms with Gasteiger partial charge in [0.05, 0.1) is 22.8 Å². The molecule has 0 bridgehead atoms. The minimum Gasteiger partial charge on any atom is -0.368 e. The van der Waals surface area contributed by atoms with Crippen LogP contribution in [0.15, 0.2) is 62.1 Å². The lowest BCUT2D eigenvalue weighted by Crippen LogP contribution is -2.43. The predicted octanol–water partition coefficient (Wildman–Crippen LogP) is 3.14. The molecule has 7 heteroatoms. The molecule has 0 radical (unpaired) electrons. The molecule has 1 saturated heterocycles. The quantitative estimate of drug-likeness (QED) is 0.776. The summed E-state index contributed by atoms with van der Waals surface area (Å²) in [6.45, 7) is 6.70. The van der Waals surface area contributed by atoms with Gasteiger partial charge in [-0.3, -0.25) is 19.2 Å². The summed E-state index contributed by atoms with van der Waals surface area (Å²) in [5.74, 6) is 0.471. The molecule has 1 aliphatic carbocycles. The molecule has 6 rings (SSSR count). The number of aliphatic imine (C=N–C) groups is 2. The Hall–Kier alpha value is -3.06. The Balaban J connectivity index is 1.40. The van der Waals surface area contributed by atoms with E-state index in [-0.39, 0.29) is 5.56 Å². The van der Waals surface area contributed by atoms with Gasteiger partial charge in [0.15, 0.2) is 0 Å². The highest BCUT2D eigenvalue weighted by atomic mass is 16.1. The number of anilines is 1. The van der Waals surface area contributed by atoms with Crippen molar-refractivity contribution in [2.24, 2.45) is 15.9 Å². The van der Waals surface area contributed by atoms with Gasteiger partial charge in [-0.05, 0) is 74.3 Å². The van der Waals surface area contributed by atoms with E-state index in [9.17, 15) is 4.79 Å². The zero-order valence-electron chi connectivity index (χ0n) is 19.2. The molecule has 1 unspecified atom stereocenters. The lowest BCUT2D eigenvalue weighted by Gasteiger charge is -2.29. The molecule has 0 amide bonds. The van der Waals surface area contributed by atoms with Crippen LogP contribution in [0.2, 0.25) is 0 Å². The Morgan fingerprint density at radius 2 is 1.94 bits per heavy atom. The summed E-state index contributed by atoms with van der Waals surface area (Å²) in [6.07, 6.45) is 9.56. The van der Waals surface area contributed by atoms with Gasteiger partial charge in [-0.25, -0.2) is 4.98 Å². The molecule has 33 heavy (non-hydrogen) atoms. The summed E-state index contributed by atoms with van der Waals surface area (Å²) in [4.78, 5) is 30.1. The molecular formula is C26H30N6O. The fourth-order valence-electron chi connectivity index (χ4n) is 5.13.